The molecule has 1 aliphatic rings. The van der Waals surface area contributed by atoms with Crippen LogP contribution >= 0.6 is 0 Å². The Bertz CT molecular complexity index is 888. The molecule has 0 unspecified atom stereocenters. The first kappa shape index (κ1) is 17.3. The highest BCUT2D eigenvalue weighted by Crippen LogP contribution is 2.34. The van der Waals surface area contributed by atoms with Crippen LogP contribution < -0.4 is 9.62 Å². The first-order valence-electron chi connectivity index (χ1n) is 7.88. The monoisotopic (exact) mass is 364 g/mol. The van der Waals surface area contributed by atoms with Gasteiger partial charge in [-0.2, -0.15) is 0 Å². The first-order chi connectivity index (χ1) is 11.9. The van der Waals surface area contributed by atoms with Crippen LogP contribution in [-0.4, -0.2) is 34.3 Å². The van der Waals surface area contributed by atoms with Crippen LogP contribution in [-0.2, 0) is 27.7 Å². The quantitative estimate of drug-likeness (QED) is 0.820. The molecule has 0 saturated carbocycles. The Hall–Kier alpha value is -2.48. The molecule has 25 heavy (non-hydrogen) atoms. The third-order valence-corrected chi connectivity index (χ3v) is 4.72. The molecule has 1 aromatic carbocycles. The van der Waals surface area contributed by atoms with Crippen LogP contribution in [0.25, 0.3) is 0 Å². The molecule has 1 N–H and O–H groups in total. The fourth-order valence-electron chi connectivity index (χ4n) is 3.09. The molecular formula is C17H20N2O5S. The summed E-state index contributed by atoms with van der Waals surface area (Å²) in [6.07, 6.45) is 4.27. The number of hydrogen-bond acceptors (Lipinski definition) is 6. The number of nitrogens with zero attached hydrogens (tertiary/aromatic N) is 1. The number of anilines is 2. The van der Waals surface area contributed by atoms with Crippen LogP contribution in [0.3, 0.4) is 0 Å². The zero-order valence-corrected chi connectivity index (χ0v) is 14.9. The summed E-state index contributed by atoms with van der Waals surface area (Å²) in [4.78, 5) is 13.9. The van der Waals surface area contributed by atoms with Gasteiger partial charge in [-0.15, -0.1) is 0 Å². The Balaban J connectivity index is 1.91. The average molecular weight is 364 g/mol. The Kier molecular flexibility index (Phi) is 4.71. The van der Waals surface area contributed by atoms with E-state index in [0.717, 1.165) is 36.9 Å². The maximum atomic E-state index is 11.8. The lowest BCUT2D eigenvalue weighted by Crippen LogP contribution is -2.30. The lowest BCUT2D eigenvalue weighted by Gasteiger charge is -2.32. The molecule has 0 radical (unpaired) electrons. The highest BCUT2D eigenvalue weighted by atomic mass is 32.2. The summed E-state index contributed by atoms with van der Waals surface area (Å²) in [5.41, 5.74) is 2.88. The van der Waals surface area contributed by atoms with Crippen molar-refractivity contribution in [1.29, 1.82) is 0 Å². The number of nitrogens with one attached hydrogen (secondary N) is 1. The van der Waals surface area contributed by atoms with Gasteiger partial charge >= 0.3 is 5.97 Å². The topological polar surface area (TPSA) is 88.8 Å². The van der Waals surface area contributed by atoms with Gasteiger partial charge in [0.2, 0.25) is 10.0 Å². The number of carbonyl (C=O) groups excluding carboxylic acids is 1. The van der Waals surface area contributed by atoms with Gasteiger partial charge in [0, 0.05) is 12.2 Å². The number of ether oxygens (including phenoxy) is 1. The standard InChI is InChI=1S/C17H20N2O5S/c1-23-17(20)13-8-10-24-16(13)11-19-9-4-5-12-14(18-25(2,21)22)6-3-7-15(12)19/h3,6-8,10,18H,4-5,9,11H2,1-2H3. The molecular weight excluding hydrogens is 344 g/mol. The predicted molar refractivity (Wildman–Crippen MR) is 94.3 cm³/mol. The average Bonchev–Trinajstić information content (AvgIpc) is 3.02. The molecule has 1 aliphatic heterocycles. The minimum absolute atomic E-state index is 0.403. The molecule has 0 amide bonds. The van der Waals surface area contributed by atoms with Crippen molar-refractivity contribution in [2.24, 2.45) is 0 Å². The van der Waals surface area contributed by atoms with E-state index in [-0.39, 0.29) is 0 Å². The maximum Gasteiger partial charge on any atom is 0.341 e. The lowest BCUT2D eigenvalue weighted by molar-refractivity contribution is 0.0598. The van der Waals surface area contributed by atoms with E-state index in [1.54, 1.807) is 12.1 Å². The third-order valence-electron chi connectivity index (χ3n) is 4.13. The number of furan rings is 1. The zero-order chi connectivity index (χ0) is 18.0. The number of esters is 1. The van der Waals surface area contributed by atoms with Crippen molar-refractivity contribution < 1.29 is 22.4 Å². The highest BCUT2D eigenvalue weighted by molar-refractivity contribution is 7.92. The molecule has 3 rings (SSSR count). The van der Waals surface area contributed by atoms with E-state index < -0.39 is 16.0 Å². The number of methoxy groups -OCH3 is 1. The third kappa shape index (κ3) is 3.79. The Labute approximate surface area is 146 Å². The van der Waals surface area contributed by atoms with E-state index in [2.05, 4.69) is 9.62 Å². The second-order valence-corrected chi connectivity index (χ2v) is 7.70. The molecule has 134 valence electrons. The minimum atomic E-state index is -3.35. The fourth-order valence-corrected chi connectivity index (χ4v) is 3.68. The van der Waals surface area contributed by atoms with Crippen LogP contribution in [0.5, 0.6) is 0 Å². The summed E-state index contributed by atoms with van der Waals surface area (Å²) in [7, 11) is -2.02. The van der Waals surface area contributed by atoms with Crippen molar-refractivity contribution in [1.82, 2.24) is 0 Å². The number of rotatable bonds is 5. The van der Waals surface area contributed by atoms with E-state index in [0.29, 0.717) is 23.6 Å². The molecule has 2 heterocycles. The molecule has 0 bridgehead atoms. The van der Waals surface area contributed by atoms with Crippen LogP contribution in [0.2, 0.25) is 0 Å². The highest BCUT2D eigenvalue weighted by Gasteiger charge is 2.24. The number of carbonyl (C=O) groups is 1. The molecule has 0 spiro atoms. The summed E-state index contributed by atoms with van der Waals surface area (Å²) in [5.74, 6) is 0.0923. The molecule has 0 saturated heterocycles. The first-order valence-corrected chi connectivity index (χ1v) is 9.77. The Morgan fingerprint density at radius 1 is 1.36 bits per heavy atom. The van der Waals surface area contributed by atoms with E-state index in [1.807, 2.05) is 12.1 Å². The number of hydrogen-bond donors (Lipinski definition) is 1. The summed E-state index contributed by atoms with van der Waals surface area (Å²) < 4.78 is 36.0. The van der Waals surface area contributed by atoms with Gasteiger partial charge in [-0.1, -0.05) is 6.07 Å². The molecule has 0 atom stereocenters. The summed E-state index contributed by atoms with van der Waals surface area (Å²) in [6.45, 7) is 1.20. The SMILES string of the molecule is COC(=O)c1ccoc1CN1CCCc2c(NS(C)(=O)=O)cccc21. The Morgan fingerprint density at radius 3 is 2.88 bits per heavy atom. The molecule has 2 aromatic rings. The van der Waals surface area contributed by atoms with Gasteiger partial charge in [0.15, 0.2) is 0 Å². The number of benzene rings is 1. The van der Waals surface area contributed by atoms with Gasteiger partial charge in [0.05, 0.1) is 31.9 Å². The van der Waals surface area contributed by atoms with Gasteiger partial charge < -0.3 is 14.1 Å². The molecule has 7 nitrogen and oxygen atoms in total. The van der Waals surface area contributed by atoms with Gasteiger partial charge in [-0.25, -0.2) is 13.2 Å². The maximum absolute atomic E-state index is 11.8. The normalized spacial score (nSPS) is 14.1. The van der Waals surface area contributed by atoms with Gasteiger partial charge in [-0.05, 0) is 36.6 Å². The van der Waals surface area contributed by atoms with Gasteiger partial charge in [0.25, 0.3) is 0 Å². The van der Waals surface area contributed by atoms with E-state index in [1.165, 1.54) is 13.4 Å². The van der Waals surface area contributed by atoms with Crippen molar-refractivity contribution in [3.63, 3.8) is 0 Å². The number of fused-ring (bicyclic) bond motifs is 1. The zero-order valence-electron chi connectivity index (χ0n) is 14.1. The predicted octanol–water partition coefficient (Wildman–Crippen LogP) is 2.39. The lowest BCUT2D eigenvalue weighted by atomic mass is 9.99. The minimum Gasteiger partial charge on any atom is -0.467 e. The molecule has 1 aromatic heterocycles. The van der Waals surface area contributed by atoms with Crippen molar-refractivity contribution in [2.45, 2.75) is 19.4 Å². The summed E-state index contributed by atoms with van der Waals surface area (Å²) >= 11 is 0. The van der Waals surface area contributed by atoms with Crippen LogP contribution in [0.4, 0.5) is 11.4 Å². The van der Waals surface area contributed by atoms with Crippen molar-refractivity contribution in [3.05, 3.63) is 47.4 Å². The summed E-state index contributed by atoms with van der Waals surface area (Å²) in [6, 6.07) is 7.11. The van der Waals surface area contributed by atoms with Crippen molar-refractivity contribution in [3.8, 4) is 0 Å². The fraction of sp³-hybridized carbons (Fsp3) is 0.353. The molecule has 0 fully saturated rings. The van der Waals surface area contributed by atoms with Gasteiger partial charge in [-0.3, -0.25) is 4.72 Å². The van der Waals surface area contributed by atoms with Crippen LogP contribution in [0, 0.1) is 0 Å². The Morgan fingerprint density at radius 2 is 2.16 bits per heavy atom. The van der Waals surface area contributed by atoms with Gasteiger partial charge in [0.1, 0.15) is 11.3 Å². The van der Waals surface area contributed by atoms with Crippen molar-refractivity contribution >= 4 is 27.4 Å². The smallest absolute Gasteiger partial charge is 0.341 e. The second kappa shape index (κ2) is 6.79. The number of sulfonamides is 1. The largest absolute Gasteiger partial charge is 0.467 e. The molecule has 8 heteroatoms. The van der Waals surface area contributed by atoms with E-state index in [4.69, 9.17) is 9.15 Å². The second-order valence-electron chi connectivity index (χ2n) is 5.95. The van der Waals surface area contributed by atoms with Crippen LogP contribution in [0.15, 0.2) is 34.9 Å². The van der Waals surface area contributed by atoms with E-state index in [9.17, 15) is 13.2 Å². The van der Waals surface area contributed by atoms with E-state index >= 15 is 0 Å². The van der Waals surface area contributed by atoms with Crippen molar-refractivity contribution in [2.75, 3.05) is 29.5 Å². The molecule has 0 aliphatic carbocycles. The van der Waals surface area contributed by atoms with Crippen LogP contribution in [0.1, 0.15) is 28.1 Å². The summed E-state index contributed by atoms with van der Waals surface area (Å²) in [5, 5.41) is 0.